The molecule has 1 aromatic heterocycles. The maximum absolute atomic E-state index is 6.54. The van der Waals surface area contributed by atoms with Gasteiger partial charge in [0.25, 0.3) is 0 Å². The maximum atomic E-state index is 6.54. The Balaban J connectivity index is 1.68. The molecule has 0 amide bonds. The number of morpholine rings is 1. The molecule has 0 spiro atoms. The SMILES string of the molecule is CCn1ncc2cc(-c3ccc(N4CCOCC4)cc3)c(Cl)cc21. The lowest BCUT2D eigenvalue weighted by atomic mass is 10.0. The largest absolute Gasteiger partial charge is 0.378 e. The zero-order valence-electron chi connectivity index (χ0n) is 13.7. The van der Waals surface area contributed by atoms with Gasteiger partial charge in [0, 0.05) is 36.3 Å². The molecule has 2 aromatic carbocycles. The van der Waals surface area contributed by atoms with E-state index in [-0.39, 0.29) is 0 Å². The van der Waals surface area contributed by atoms with E-state index >= 15 is 0 Å². The molecular formula is C19H20ClN3O. The number of nitrogens with zero attached hydrogens (tertiary/aromatic N) is 3. The van der Waals surface area contributed by atoms with E-state index in [1.165, 1.54) is 5.69 Å². The second-order valence-corrected chi connectivity index (χ2v) is 6.40. The molecule has 4 nitrogen and oxygen atoms in total. The fourth-order valence-corrected chi connectivity index (χ4v) is 3.51. The fourth-order valence-electron chi connectivity index (χ4n) is 3.25. The third kappa shape index (κ3) is 2.76. The average molecular weight is 342 g/mol. The second-order valence-electron chi connectivity index (χ2n) is 6.00. The third-order valence-electron chi connectivity index (χ3n) is 4.58. The van der Waals surface area contributed by atoms with Crippen molar-refractivity contribution in [3.8, 4) is 11.1 Å². The molecule has 0 aliphatic carbocycles. The van der Waals surface area contributed by atoms with Crippen molar-refractivity contribution in [1.82, 2.24) is 9.78 Å². The zero-order chi connectivity index (χ0) is 16.5. The minimum Gasteiger partial charge on any atom is -0.378 e. The van der Waals surface area contributed by atoms with Crippen molar-refractivity contribution in [3.05, 3.63) is 47.6 Å². The molecule has 1 saturated heterocycles. The summed E-state index contributed by atoms with van der Waals surface area (Å²) in [6.07, 6.45) is 1.90. The first kappa shape index (κ1) is 15.5. The van der Waals surface area contributed by atoms with E-state index in [0.717, 1.165) is 59.9 Å². The Labute approximate surface area is 146 Å². The number of benzene rings is 2. The van der Waals surface area contributed by atoms with Crippen molar-refractivity contribution < 1.29 is 4.74 Å². The van der Waals surface area contributed by atoms with Crippen molar-refractivity contribution in [2.75, 3.05) is 31.2 Å². The molecule has 1 aliphatic heterocycles. The molecule has 0 unspecified atom stereocenters. The predicted molar refractivity (Wildman–Crippen MR) is 98.9 cm³/mol. The highest BCUT2D eigenvalue weighted by Crippen LogP contribution is 2.33. The predicted octanol–water partition coefficient (Wildman–Crippen LogP) is 4.21. The smallest absolute Gasteiger partial charge is 0.0697 e. The lowest BCUT2D eigenvalue weighted by Crippen LogP contribution is -2.36. The molecule has 0 saturated carbocycles. The highest BCUT2D eigenvalue weighted by molar-refractivity contribution is 6.34. The first-order valence-corrected chi connectivity index (χ1v) is 8.72. The van der Waals surface area contributed by atoms with Gasteiger partial charge in [0.1, 0.15) is 0 Å². The van der Waals surface area contributed by atoms with Gasteiger partial charge in [0.2, 0.25) is 0 Å². The second kappa shape index (κ2) is 6.46. The molecular weight excluding hydrogens is 322 g/mol. The Morgan fingerprint density at radius 2 is 1.88 bits per heavy atom. The van der Waals surface area contributed by atoms with Gasteiger partial charge in [-0.2, -0.15) is 5.10 Å². The highest BCUT2D eigenvalue weighted by Gasteiger charge is 2.13. The summed E-state index contributed by atoms with van der Waals surface area (Å²) < 4.78 is 7.38. The van der Waals surface area contributed by atoms with Crippen LogP contribution in [-0.2, 0) is 11.3 Å². The zero-order valence-corrected chi connectivity index (χ0v) is 14.5. The number of anilines is 1. The molecule has 5 heteroatoms. The topological polar surface area (TPSA) is 30.3 Å². The Morgan fingerprint density at radius 1 is 1.12 bits per heavy atom. The van der Waals surface area contributed by atoms with Crippen molar-refractivity contribution >= 4 is 28.2 Å². The summed E-state index contributed by atoms with van der Waals surface area (Å²) in [5.74, 6) is 0. The minimum absolute atomic E-state index is 0.761. The summed E-state index contributed by atoms with van der Waals surface area (Å²) >= 11 is 6.54. The summed E-state index contributed by atoms with van der Waals surface area (Å²) in [5, 5.41) is 6.28. The number of hydrogen-bond acceptors (Lipinski definition) is 3. The first-order valence-electron chi connectivity index (χ1n) is 8.34. The van der Waals surface area contributed by atoms with Crippen LogP contribution in [0.1, 0.15) is 6.92 Å². The first-order chi connectivity index (χ1) is 11.8. The van der Waals surface area contributed by atoms with Crippen molar-refractivity contribution in [3.63, 3.8) is 0 Å². The third-order valence-corrected chi connectivity index (χ3v) is 4.90. The van der Waals surface area contributed by atoms with E-state index < -0.39 is 0 Å². The molecule has 0 N–H and O–H groups in total. The van der Waals surface area contributed by atoms with Crippen LogP contribution in [0.2, 0.25) is 5.02 Å². The lowest BCUT2D eigenvalue weighted by Gasteiger charge is -2.29. The van der Waals surface area contributed by atoms with Gasteiger partial charge in [-0.15, -0.1) is 0 Å². The van der Waals surface area contributed by atoms with E-state index in [9.17, 15) is 0 Å². The van der Waals surface area contributed by atoms with E-state index in [2.05, 4.69) is 47.3 Å². The van der Waals surface area contributed by atoms with E-state index in [1.54, 1.807) is 0 Å². The number of ether oxygens (including phenoxy) is 1. The van der Waals surface area contributed by atoms with Crippen LogP contribution < -0.4 is 4.90 Å². The number of fused-ring (bicyclic) bond motifs is 1. The van der Waals surface area contributed by atoms with Crippen LogP contribution >= 0.6 is 11.6 Å². The summed E-state index contributed by atoms with van der Waals surface area (Å²) in [6, 6.07) is 12.7. The summed E-state index contributed by atoms with van der Waals surface area (Å²) in [7, 11) is 0. The summed E-state index contributed by atoms with van der Waals surface area (Å²) in [4.78, 5) is 2.35. The van der Waals surface area contributed by atoms with Crippen LogP contribution in [0.25, 0.3) is 22.0 Å². The standard InChI is InChI=1S/C19H20ClN3O/c1-2-23-19-12-18(20)17(11-15(19)13-21-23)14-3-5-16(6-4-14)22-7-9-24-10-8-22/h3-6,11-13H,2,7-10H2,1H3. The van der Waals surface area contributed by atoms with E-state index in [4.69, 9.17) is 16.3 Å². The number of aromatic nitrogens is 2. The van der Waals surface area contributed by atoms with Gasteiger partial charge >= 0.3 is 0 Å². The van der Waals surface area contributed by atoms with Gasteiger partial charge in [-0.1, -0.05) is 23.7 Å². The minimum atomic E-state index is 0.761. The summed E-state index contributed by atoms with van der Waals surface area (Å²) in [6.45, 7) is 6.41. The molecule has 124 valence electrons. The quantitative estimate of drug-likeness (QED) is 0.714. The number of hydrogen-bond donors (Lipinski definition) is 0. The van der Waals surface area contributed by atoms with Crippen LogP contribution in [0.4, 0.5) is 5.69 Å². The van der Waals surface area contributed by atoms with Crippen molar-refractivity contribution in [1.29, 1.82) is 0 Å². The number of rotatable bonds is 3. The lowest BCUT2D eigenvalue weighted by molar-refractivity contribution is 0.122. The van der Waals surface area contributed by atoms with Crippen LogP contribution in [0.3, 0.4) is 0 Å². The molecule has 1 aliphatic rings. The molecule has 0 atom stereocenters. The molecule has 0 bridgehead atoms. The molecule has 2 heterocycles. The van der Waals surface area contributed by atoms with Gasteiger partial charge in [-0.25, -0.2) is 0 Å². The van der Waals surface area contributed by atoms with Crippen LogP contribution in [-0.4, -0.2) is 36.1 Å². The van der Waals surface area contributed by atoms with E-state index in [1.807, 2.05) is 16.9 Å². The number of halogens is 1. The molecule has 0 radical (unpaired) electrons. The van der Waals surface area contributed by atoms with Crippen LogP contribution in [0.5, 0.6) is 0 Å². The van der Waals surface area contributed by atoms with Gasteiger partial charge in [-0.3, -0.25) is 4.68 Å². The number of aryl methyl sites for hydroxylation is 1. The van der Waals surface area contributed by atoms with Gasteiger partial charge in [0.05, 0.1) is 29.9 Å². The fraction of sp³-hybridized carbons (Fsp3) is 0.316. The van der Waals surface area contributed by atoms with Gasteiger partial charge in [-0.05, 0) is 36.8 Å². The highest BCUT2D eigenvalue weighted by atomic mass is 35.5. The Hall–Kier alpha value is -2.04. The normalized spacial score (nSPS) is 15.2. The van der Waals surface area contributed by atoms with Crippen molar-refractivity contribution in [2.45, 2.75) is 13.5 Å². The molecule has 3 aromatic rings. The Kier molecular flexibility index (Phi) is 4.17. The van der Waals surface area contributed by atoms with Crippen molar-refractivity contribution in [2.24, 2.45) is 0 Å². The average Bonchev–Trinajstić information content (AvgIpc) is 3.04. The molecule has 1 fully saturated rings. The van der Waals surface area contributed by atoms with Crippen LogP contribution in [0.15, 0.2) is 42.6 Å². The van der Waals surface area contributed by atoms with Gasteiger partial charge in [0.15, 0.2) is 0 Å². The van der Waals surface area contributed by atoms with Gasteiger partial charge < -0.3 is 9.64 Å². The Morgan fingerprint density at radius 3 is 2.58 bits per heavy atom. The molecule has 24 heavy (non-hydrogen) atoms. The van der Waals surface area contributed by atoms with Crippen LogP contribution in [0, 0.1) is 0 Å². The van der Waals surface area contributed by atoms with E-state index in [0.29, 0.717) is 0 Å². The molecule has 4 rings (SSSR count). The Bertz CT molecular complexity index is 851. The monoisotopic (exact) mass is 341 g/mol. The maximum Gasteiger partial charge on any atom is 0.0697 e. The summed E-state index contributed by atoms with van der Waals surface area (Å²) in [5.41, 5.74) is 4.49.